The first kappa shape index (κ1) is 6.40. The molecule has 6 heavy (non-hydrogen) atoms. The average molecular weight is 155 g/mol. The summed E-state index contributed by atoms with van der Waals surface area (Å²) in [6.07, 6.45) is 0. The highest BCUT2D eigenvalue weighted by atomic mass is 79.9. The summed E-state index contributed by atoms with van der Waals surface area (Å²) >= 11 is 0. The molecule has 38 valence electrons. The Labute approximate surface area is 47.2 Å². The van der Waals surface area contributed by atoms with Gasteiger partial charge in [-0.3, -0.25) is 0 Å². The quantitative estimate of drug-likeness (QED) is 0.333. The Kier molecular flexibility index (Phi) is 3.82. The van der Waals surface area contributed by atoms with Crippen LogP contribution in [-0.2, 0) is 4.74 Å². The second-order valence-corrected chi connectivity index (χ2v) is 0.985. The van der Waals surface area contributed by atoms with Crippen molar-refractivity contribution in [2.75, 3.05) is 20.0 Å². The monoisotopic (exact) mass is 154 g/mol. The normalized spacial score (nSPS) is 20.0. The molecule has 0 radical (unpaired) electrons. The van der Waals surface area contributed by atoms with E-state index in [1.54, 1.807) is 0 Å². The maximum atomic E-state index is 4.78. The molecule has 1 heterocycles. The van der Waals surface area contributed by atoms with Gasteiger partial charge in [-0.05, 0) is 0 Å². The van der Waals surface area contributed by atoms with Crippen LogP contribution in [0.25, 0.3) is 0 Å². The molecule has 0 amide bonds. The fraction of sp³-hybridized carbons (Fsp3) is 1.00. The lowest BCUT2D eigenvalue weighted by Crippen LogP contribution is -3.00. The molecule has 0 bridgehead atoms. The molecule has 1 saturated heterocycles. The van der Waals surface area contributed by atoms with Crippen molar-refractivity contribution in [3.05, 3.63) is 0 Å². The van der Waals surface area contributed by atoms with Crippen molar-refractivity contribution in [2.45, 2.75) is 0 Å². The van der Waals surface area contributed by atoms with Gasteiger partial charge in [0.05, 0.1) is 0 Å². The van der Waals surface area contributed by atoms with Crippen LogP contribution in [-0.4, -0.2) is 24.7 Å². The second kappa shape index (κ2) is 3.59. The van der Waals surface area contributed by atoms with Gasteiger partial charge in [-0.1, -0.05) is 0 Å². The summed E-state index contributed by atoms with van der Waals surface area (Å²) in [6.45, 7) is 2.36. The van der Waals surface area contributed by atoms with E-state index in [0.29, 0.717) is 6.79 Å². The first-order valence-corrected chi connectivity index (χ1v) is 1.71. The highest BCUT2D eigenvalue weighted by Crippen LogP contribution is 1.81. The summed E-state index contributed by atoms with van der Waals surface area (Å²) in [6, 6.07) is 0. The molecular weight excluding hydrogens is 148 g/mol. The number of rotatable bonds is 0. The highest BCUT2D eigenvalue weighted by Gasteiger charge is 1.99. The van der Waals surface area contributed by atoms with Crippen molar-refractivity contribution in [1.29, 1.82) is 0 Å². The fourth-order valence-corrected chi connectivity index (χ4v) is 0.323. The molecule has 2 nitrogen and oxygen atoms in total. The molecule has 0 aromatic heterocycles. The van der Waals surface area contributed by atoms with Gasteiger partial charge in [0.15, 0.2) is 6.61 Å². The van der Waals surface area contributed by atoms with Gasteiger partial charge >= 0.3 is 0 Å². The minimum absolute atomic E-state index is 0. The van der Waals surface area contributed by atoms with Crippen LogP contribution in [0.2, 0.25) is 0 Å². The van der Waals surface area contributed by atoms with Gasteiger partial charge in [-0.2, -0.15) is 0 Å². The molecule has 0 unspecified atom stereocenters. The van der Waals surface area contributed by atoms with E-state index in [0.717, 1.165) is 13.2 Å². The Morgan fingerprint density at radius 1 is 1.50 bits per heavy atom. The Morgan fingerprint density at radius 2 is 2.33 bits per heavy atom. The van der Waals surface area contributed by atoms with Crippen LogP contribution >= 0.6 is 0 Å². The smallest absolute Gasteiger partial charge is 0.254 e. The molecular formula is C3H7BrO2. The summed E-state index contributed by atoms with van der Waals surface area (Å²) in [7, 11) is 0. The lowest BCUT2D eigenvalue weighted by atomic mass is 10.8. The summed E-state index contributed by atoms with van der Waals surface area (Å²) in [5.74, 6) is 0. The summed E-state index contributed by atoms with van der Waals surface area (Å²) < 4.78 is 8.64. The van der Waals surface area contributed by atoms with Crippen molar-refractivity contribution < 1.29 is 26.5 Å². The van der Waals surface area contributed by atoms with Crippen molar-refractivity contribution in [3.63, 3.8) is 0 Å². The van der Waals surface area contributed by atoms with Crippen LogP contribution in [0, 0.1) is 0 Å². The maximum absolute atomic E-state index is 4.78. The third kappa shape index (κ3) is 1.74. The Morgan fingerprint density at radius 3 is 2.50 bits per heavy atom. The molecule has 0 spiro atoms. The standard InChI is InChI=1S/C3H6O2.BrH/c1-2-5-3-4-1;/h1-3H2;1H. The molecule has 0 aliphatic carbocycles. The maximum Gasteiger partial charge on any atom is 0.254 e. The van der Waals surface area contributed by atoms with Crippen molar-refractivity contribution in [2.24, 2.45) is 0 Å². The molecule has 1 fully saturated rings. The minimum Gasteiger partial charge on any atom is -1.00 e. The molecule has 0 atom stereocenters. The fourth-order valence-electron chi connectivity index (χ4n) is 0.323. The Hall–Kier alpha value is 0.400. The zero-order valence-corrected chi connectivity index (χ0v) is 4.94. The first-order valence-electron chi connectivity index (χ1n) is 1.71. The van der Waals surface area contributed by atoms with Crippen LogP contribution in [0.15, 0.2) is 0 Å². The lowest BCUT2D eigenvalue weighted by molar-refractivity contribution is -0.0564. The molecule has 1 aliphatic heterocycles. The predicted octanol–water partition coefficient (Wildman–Crippen LogP) is -3.49. The van der Waals surface area contributed by atoms with E-state index in [1.165, 1.54) is 0 Å². The van der Waals surface area contributed by atoms with E-state index >= 15 is 0 Å². The summed E-state index contributed by atoms with van der Waals surface area (Å²) in [5, 5.41) is 0. The molecule has 0 saturated carbocycles. The average Bonchev–Trinajstić information content (AvgIpc) is 1.76. The molecule has 1 N–H and O–H groups in total. The predicted molar refractivity (Wildman–Crippen MR) is 17.9 cm³/mol. The van der Waals surface area contributed by atoms with E-state index < -0.39 is 0 Å². The Bertz CT molecular complexity index is 20.4. The van der Waals surface area contributed by atoms with Gasteiger partial charge in [0, 0.05) is 0 Å². The van der Waals surface area contributed by atoms with E-state index in [4.69, 9.17) is 4.74 Å². The SMILES string of the molecule is C1C[OH+]CO1.[Br-]. The van der Waals surface area contributed by atoms with E-state index in [9.17, 15) is 0 Å². The van der Waals surface area contributed by atoms with Crippen molar-refractivity contribution in [1.82, 2.24) is 0 Å². The molecule has 1 aliphatic rings. The van der Waals surface area contributed by atoms with Crippen LogP contribution in [0.5, 0.6) is 0 Å². The topological polar surface area (TPSA) is 22.0 Å². The number of halogens is 1. The molecule has 1 rings (SSSR count). The Balaban J connectivity index is 0.000000250. The van der Waals surface area contributed by atoms with Crippen LogP contribution in [0.1, 0.15) is 0 Å². The molecule has 3 heteroatoms. The van der Waals surface area contributed by atoms with Gasteiger partial charge in [-0.25, -0.2) is 0 Å². The van der Waals surface area contributed by atoms with Crippen molar-refractivity contribution in [3.8, 4) is 0 Å². The summed E-state index contributed by atoms with van der Waals surface area (Å²) in [5.41, 5.74) is 0. The number of hydrogen-bond acceptors (Lipinski definition) is 1. The molecule has 0 aromatic rings. The first-order chi connectivity index (χ1) is 2.50. The van der Waals surface area contributed by atoms with Gasteiger partial charge in [0.25, 0.3) is 6.79 Å². The third-order valence-corrected chi connectivity index (χ3v) is 0.576. The third-order valence-electron chi connectivity index (χ3n) is 0.576. The molecule has 0 aromatic carbocycles. The van der Waals surface area contributed by atoms with Gasteiger partial charge in [0.1, 0.15) is 6.61 Å². The zero-order valence-electron chi connectivity index (χ0n) is 3.35. The number of hydrogen-bond donors (Lipinski definition) is 0. The minimum atomic E-state index is 0. The van der Waals surface area contributed by atoms with Crippen LogP contribution in [0.3, 0.4) is 0 Å². The second-order valence-electron chi connectivity index (χ2n) is 0.985. The van der Waals surface area contributed by atoms with Gasteiger partial charge in [-0.15, -0.1) is 0 Å². The summed E-state index contributed by atoms with van der Waals surface area (Å²) in [4.78, 5) is 0. The number of ether oxygens (including phenoxy) is 2. The number of aliphatic hydroxyl groups is 2. The van der Waals surface area contributed by atoms with Gasteiger partial charge in [0.2, 0.25) is 0 Å². The largest absolute Gasteiger partial charge is 1.00 e. The van der Waals surface area contributed by atoms with Crippen LogP contribution < -0.4 is 17.0 Å². The zero-order chi connectivity index (χ0) is 3.54. The van der Waals surface area contributed by atoms with E-state index in [-0.39, 0.29) is 17.0 Å². The lowest BCUT2D eigenvalue weighted by Gasteiger charge is -1.72. The van der Waals surface area contributed by atoms with Gasteiger partial charge < -0.3 is 26.5 Å². The van der Waals surface area contributed by atoms with Crippen LogP contribution in [0.4, 0.5) is 0 Å². The highest BCUT2D eigenvalue weighted by molar-refractivity contribution is 4.26. The van der Waals surface area contributed by atoms with E-state index in [1.807, 2.05) is 0 Å². The van der Waals surface area contributed by atoms with Crippen molar-refractivity contribution >= 4 is 0 Å². The van der Waals surface area contributed by atoms with E-state index in [2.05, 4.69) is 4.74 Å².